The van der Waals surface area contributed by atoms with Crippen molar-refractivity contribution in [2.75, 3.05) is 50.8 Å². The number of hydrogen-bond donors (Lipinski definition) is 2. The molecule has 0 amide bonds. The van der Waals surface area contributed by atoms with Gasteiger partial charge in [0.05, 0.1) is 24.2 Å². The summed E-state index contributed by atoms with van der Waals surface area (Å²) in [6, 6.07) is 2.74. The summed E-state index contributed by atoms with van der Waals surface area (Å²) in [5, 5.41) is 0. The smallest absolute Gasteiger partial charge is 0.204 e. The molecule has 3 fully saturated rings. The number of nitrogens with zero attached hydrogens (tertiary/aromatic N) is 3. The number of ether oxygens (including phenoxy) is 1. The lowest BCUT2D eigenvalue weighted by Crippen LogP contribution is -2.41. The Bertz CT molecular complexity index is 1120. The Morgan fingerprint density at radius 2 is 2.06 bits per heavy atom. The van der Waals surface area contributed by atoms with Crippen LogP contribution in [0.3, 0.4) is 0 Å². The van der Waals surface area contributed by atoms with Gasteiger partial charge in [-0.1, -0.05) is 18.2 Å². The van der Waals surface area contributed by atoms with Gasteiger partial charge in [0.1, 0.15) is 0 Å². The number of aromatic nitrogens is 2. The molecule has 1 aliphatic heterocycles. The molecule has 0 radical (unpaired) electrons. The van der Waals surface area contributed by atoms with E-state index in [0.29, 0.717) is 46.8 Å². The summed E-state index contributed by atoms with van der Waals surface area (Å²) in [5.41, 5.74) is 8.74. The van der Waals surface area contributed by atoms with Crippen LogP contribution >= 0.6 is 0 Å². The summed E-state index contributed by atoms with van der Waals surface area (Å²) in [5.74, 6) is 0.327. The lowest BCUT2D eigenvalue weighted by Gasteiger charge is -2.39. The van der Waals surface area contributed by atoms with Crippen LogP contribution in [0, 0.1) is 28.9 Å². The predicted molar refractivity (Wildman–Crippen MR) is 138 cm³/mol. The first-order chi connectivity index (χ1) is 17.6. The molecule has 8 heteroatoms. The lowest BCUT2D eigenvalue weighted by molar-refractivity contribution is 0.0424. The van der Waals surface area contributed by atoms with Gasteiger partial charge in [-0.05, 0) is 67.9 Å². The monoisotopic (exact) mass is 497 g/mol. The standard InChI is InChI=1S/C28H37F2N5O/c29-23-15-25-26(16-24(23)30)33-27(32-25)35(8-2-7-31)22-5-6-28(17-21(28)14-22)20-4-1-3-19(13-20)18-34-9-11-36-12-10-34/h1,3,13,15-16,20-22H,2,4-12,14,17-18,31H2,(H,32,33)/t20?,21?,22-,28-/m1/s1. The number of aromatic amines is 1. The van der Waals surface area contributed by atoms with Crippen molar-refractivity contribution in [2.45, 2.75) is 44.6 Å². The number of anilines is 1. The van der Waals surface area contributed by atoms with Crippen LogP contribution in [-0.4, -0.2) is 66.8 Å². The first-order valence-electron chi connectivity index (χ1n) is 13.5. The van der Waals surface area contributed by atoms with Gasteiger partial charge in [0.2, 0.25) is 5.95 Å². The average molecular weight is 498 g/mol. The third-order valence-corrected chi connectivity index (χ3v) is 8.99. The van der Waals surface area contributed by atoms with Crippen molar-refractivity contribution in [2.24, 2.45) is 23.0 Å². The summed E-state index contributed by atoms with van der Waals surface area (Å²) >= 11 is 0. The number of H-pyrrole nitrogens is 1. The van der Waals surface area contributed by atoms with Crippen LogP contribution in [0.5, 0.6) is 0 Å². The highest BCUT2D eigenvalue weighted by Crippen LogP contribution is 2.67. The molecule has 4 aliphatic rings. The molecule has 6 rings (SSSR count). The molecule has 6 nitrogen and oxygen atoms in total. The van der Waals surface area contributed by atoms with Crippen LogP contribution in [0.1, 0.15) is 38.5 Å². The van der Waals surface area contributed by atoms with E-state index in [2.05, 4.69) is 38.0 Å². The van der Waals surface area contributed by atoms with Gasteiger partial charge in [-0.2, -0.15) is 0 Å². The zero-order chi connectivity index (χ0) is 24.7. The summed E-state index contributed by atoms with van der Waals surface area (Å²) in [6.07, 6.45) is 14.0. The molecule has 1 aromatic heterocycles. The fourth-order valence-electron chi connectivity index (χ4n) is 6.95. The van der Waals surface area contributed by atoms with Crippen molar-refractivity contribution in [3.8, 4) is 0 Å². The third-order valence-electron chi connectivity index (χ3n) is 8.99. The first kappa shape index (κ1) is 24.1. The summed E-state index contributed by atoms with van der Waals surface area (Å²) < 4.78 is 33.1. The Morgan fingerprint density at radius 1 is 1.22 bits per heavy atom. The summed E-state index contributed by atoms with van der Waals surface area (Å²) in [6.45, 7) is 6.13. The van der Waals surface area contributed by atoms with Crippen LogP contribution in [0.2, 0.25) is 0 Å². The van der Waals surface area contributed by atoms with Crippen LogP contribution in [0.25, 0.3) is 11.0 Å². The molecule has 3 N–H and O–H groups in total. The van der Waals surface area contributed by atoms with Crippen LogP contribution in [0.15, 0.2) is 35.9 Å². The molecule has 1 saturated heterocycles. The van der Waals surface area contributed by atoms with Crippen molar-refractivity contribution in [1.29, 1.82) is 0 Å². The molecule has 3 aliphatic carbocycles. The maximum absolute atomic E-state index is 13.8. The quantitative estimate of drug-likeness (QED) is 0.566. The third kappa shape index (κ3) is 4.59. The van der Waals surface area contributed by atoms with Gasteiger partial charge in [-0.3, -0.25) is 4.90 Å². The van der Waals surface area contributed by atoms with Crippen LogP contribution < -0.4 is 10.6 Å². The lowest BCUT2D eigenvalue weighted by atomic mass is 9.73. The van der Waals surface area contributed by atoms with Gasteiger partial charge in [0.15, 0.2) is 11.6 Å². The summed E-state index contributed by atoms with van der Waals surface area (Å²) in [7, 11) is 0. The zero-order valence-electron chi connectivity index (χ0n) is 20.9. The van der Waals surface area contributed by atoms with E-state index < -0.39 is 11.6 Å². The Labute approximate surface area is 211 Å². The molecule has 0 bridgehead atoms. The van der Waals surface area contributed by atoms with E-state index in [1.807, 2.05) is 0 Å². The molecular formula is C28H37F2N5O. The van der Waals surface area contributed by atoms with Gasteiger partial charge in [0, 0.05) is 44.4 Å². The molecule has 1 aromatic carbocycles. The number of allylic oxidation sites excluding steroid dienone is 2. The topological polar surface area (TPSA) is 70.4 Å². The van der Waals surface area contributed by atoms with Crippen molar-refractivity contribution >= 4 is 17.0 Å². The van der Waals surface area contributed by atoms with E-state index in [9.17, 15) is 8.78 Å². The van der Waals surface area contributed by atoms with Gasteiger partial charge in [0.25, 0.3) is 0 Å². The van der Waals surface area contributed by atoms with E-state index in [4.69, 9.17) is 10.5 Å². The highest BCUT2D eigenvalue weighted by Gasteiger charge is 2.60. The number of benzene rings is 1. The fraction of sp³-hybridized carbons (Fsp3) is 0.607. The number of nitrogens with two attached hydrogens (primary N) is 1. The fourth-order valence-corrected chi connectivity index (χ4v) is 6.95. The molecule has 2 saturated carbocycles. The minimum absolute atomic E-state index is 0.364. The number of imidazole rings is 1. The first-order valence-corrected chi connectivity index (χ1v) is 13.5. The van der Waals surface area contributed by atoms with Crippen LogP contribution in [0.4, 0.5) is 14.7 Å². The highest BCUT2D eigenvalue weighted by atomic mass is 19.2. The molecule has 36 heavy (non-hydrogen) atoms. The van der Waals surface area contributed by atoms with E-state index >= 15 is 0 Å². The molecule has 2 unspecified atom stereocenters. The maximum atomic E-state index is 13.8. The zero-order valence-corrected chi connectivity index (χ0v) is 20.9. The van der Waals surface area contributed by atoms with Crippen LogP contribution in [-0.2, 0) is 4.74 Å². The highest BCUT2D eigenvalue weighted by molar-refractivity contribution is 5.77. The molecule has 0 spiro atoms. The van der Waals surface area contributed by atoms with E-state index in [0.717, 1.165) is 65.1 Å². The Morgan fingerprint density at radius 3 is 2.86 bits per heavy atom. The number of halogens is 2. The minimum Gasteiger partial charge on any atom is -0.379 e. The average Bonchev–Trinajstić information content (AvgIpc) is 3.51. The van der Waals surface area contributed by atoms with Crippen molar-refractivity contribution < 1.29 is 13.5 Å². The normalized spacial score (nSPS) is 30.3. The van der Waals surface area contributed by atoms with Crippen molar-refractivity contribution in [3.05, 3.63) is 47.6 Å². The molecule has 2 aromatic rings. The number of hydrogen-bond acceptors (Lipinski definition) is 5. The second-order valence-corrected chi connectivity index (χ2v) is 11.1. The Kier molecular flexibility index (Phi) is 6.60. The Hall–Kier alpha value is -2.29. The largest absolute Gasteiger partial charge is 0.379 e. The Balaban J connectivity index is 1.16. The van der Waals surface area contributed by atoms with E-state index in [1.165, 1.54) is 30.5 Å². The maximum Gasteiger partial charge on any atom is 0.204 e. The molecule has 194 valence electrons. The minimum atomic E-state index is -0.864. The van der Waals surface area contributed by atoms with Gasteiger partial charge < -0.3 is 20.4 Å². The number of rotatable bonds is 8. The molecular weight excluding hydrogens is 460 g/mol. The molecule has 2 heterocycles. The molecule has 4 atom stereocenters. The summed E-state index contributed by atoms with van der Waals surface area (Å²) in [4.78, 5) is 12.7. The van der Waals surface area contributed by atoms with Gasteiger partial charge in [-0.25, -0.2) is 13.8 Å². The second kappa shape index (κ2) is 9.88. The van der Waals surface area contributed by atoms with E-state index in [-0.39, 0.29) is 0 Å². The van der Waals surface area contributed by atoms with E-state index in [1.54, 1.807) is 0 Å². The van der Waals surface area contributed by atoms with Crippen molar-refractivity contribution in [1.82, 2.24) is 14.9 Å². The number of fused-ring (bicyclic) bond motifs is 2. The number of nitrogens with one attached hydrogen (secondary N) is 1. The van der Waals surface area contributed by atoms with Gasteiger partial charge >= 0.3 is 0 Å². The van der Waals surface area contributed by atoms with Gasteiger partial charge in [-0.15, -0.1) is 0 Å². The number of morpholine rings is 1. The predicted octanol–water partition coefficient (Wildman–Crippen LogP) is 4.39. The second-order valence-electron chi connectivity index (χ2n) is 11.1. The van der Waals surface area contributed by atoms with Crippen molar-refractivity contribution in [3.63, 3.8) is 0 Å². The SMILES string of the molecule is NCCCN(c1nc2cc(F)c(F)cc2[nH]1)[C@@H]1CC[C@]2(C3C=C(CN4CCOCC4)C=CC3)CC2C1.